The van der Waals surface area contributed by atoms with Crippen LogP contribution in [0.15, 0.2) is 89.3 Å². The third-order valence-corrected chi connectivity index (χ3v) is 9.20. The number of aryl methyl sites for hydroxylation is 1. The average molecular weight is 582 g/mol. The van der Waals surface area contributed by atoms with Crippen LogP contribution < -0.4 is 9.93 Å². The van der Waals surface area contributed by atoms with Crippen LogP contribution in [0.5, 0.6) is 0 Å². The molecule has 5 heteroatoms. The third kappa shape index (κ3) is 4.55. The van der Waals surface area contributed by atoms with Crippen molar-refractivity contribution in [1.82, 2.24) is 9.14 Å². The van der Waals surface area contributed by atoms with E-state index in [4.69, 9.17) is 4.42 Å². The zero-order valence-corrected chi connectivity index (χ0v) is 25.6. The highest BCUT2D eigenvalue weighted by Gasteiger charge is 2.28. The molecule has 3 aromatic carbocycles. The van der Waals surface area contributed by atoms with Gasteiger partial charge in [0.1, 0.15) is 24.6 Å². The van der Waals surface area contributed by atoms with Crippen molar-refractivity contribution >= 4 is 39.4 Å². The molecule has 0 spiro atoms. The van der Waals surface area contributed by atoms with Gasteiger partial charge in [-0.15, -0.1) is 0 Å². The van der Waals surface area contributed by atoms with E-state index in [1.54, 1.807) is 12.1 Å². The molecule has 0 saturated carbocycles. The van der Waals surface area contributed by atoms with Crippen LogP contribution in [0.25, 0.3) is 55.9 Å². The molecule has 0 atom stereocenters. The number of carboxylic acids is 1. The van der Waals surface area contributed by atoms with Crippen molar-refractivity contribution < 1.29 is 14.3 Å². The second-order valence-electron chi connectivity index (χ2n) is 11.5. The molecule has 0 radical (unpaired) electrons. The van der Waals surface area contributed by atoms with Crippen molar-refractivity contribution in [3.8, 4) is 22.5 Å². The number of fused-ring (bicyclic) bond motifs is 5. The molecule has 1 aromatic heterocycles. The zero-order chi connectivity index (χ0) is 30.4. The third-order valence-electron chi connectivity index (χ3n) is 9.20. The summed E-state index contributed by atoms with van der Waals surface area (Å²) in [6.07, 6.45) is 4.96. The van der Waals surface area contributed by atoms with E-state index < -0.39 is 5.97 Å². The van der Waals surface area contributed by atoms with Crippen molar-refractivity contribution in [2.45, 2.75) is 46.6 Å². The lowest BCUT2D eigenvalue weighted by Gasteiger charge is -2.25. The standard InChI is InChI=1S/C39H36N2O3/c1-4-40(5-2)27-19-20-31-36(24-27)44-38-26(12-11-16-32(38)37(31)29-14-7-8-15-30(29)39(42)43)22-25-18-21-35-33(23-25)28-13-9-10-17-34(28)41(35)6-3/h7-10,13-15,17-24H,4-6,11-12,16H2,1-3H3/p+1. The number of para-hydroxylation sites is 1. The number of hydrogen-bond donors (Lipinski definition) is 1. The van der Waals surface area contributed by atoms with Crippen LogP contribution in [0, 0.1) is 0 Å². The van der Waals surface area contributed by atoms with Crippen molar-refractivity contribution in [1.29, 1.82) is 0 Å². The van der Waals surface area contributed by atoms with Gasteiger partial charge in [-0.2, -0.15) is 0 Å². The minimum absolute atomic E-state index is 0.309. The summed E-state index contributed by atoms with van der Waals surface area (Å²) >= 11 is 0. The monoisotopic (exact) mass is 581 g/mol. The molecule has 44 heavy (non-hydrogen) atoms. The number of carboxylic acid groups (broad SMARTS) is 1. The molecule has 1 N–H and O–H groups in total. The highest BCUT2D eigenvalue weighted by Crippen LogP contribution is 2.45. The maximum absolute atomic E-state index is 12.4. The van der Waals surface area contributed by atoms with Gasteiger partial charge < -0.3 is 14.1 Å². The number of carbonyl (C=O) groups is 1. The highest BCUT2D eigenvalue weighted by molar-refractivity contribution is 6.09. The number of allylic oxidation sites excluding steroid dienone is 1. The van der Waals surface area contributed by atoms with Gasteiger partial charge in [0.05, 0.1) is 11.6 Å². The van der Waals surface area contributed by atoms with E-state index >= 15 is 0 Å². The molecule has 0 saturated heterocycles. The molecule has 2 aliphatic carbocycles. The highest BCUT2D eigenvalue weighted by atomic mass is 16.4. The van der Waals surface area contributed by atoms with Crippen LogP contribution >= 0.6 is 0 Å². The molecule has 2 heterocycles. The average Bonchev–Trinajstić information content (AvgIpc) is 3.37. The Morgan fingerprint density at radius 2 is 1.64 bits per heavy atom. The molecule has 5 nitrogen and oxygen atoms in total. The van der Waals surface area contributed by atoms with Gasteiger partial charge in [-0.05, 0) is 93.1 Å². The Morgan fingerprint density at radius 1 is 0.864 bits per heavy atom. The summed E-state index contributed by atoms with van der Waals surface area (Å²) < 4.78 is 11.5. The van der Waals surface area contributed by atoms with Crippen LogP contribution in [0.2, 0.25) is 0 Å². The first-order chi connectivity index (χ1) is 21.5. The summed E-state index contributed by atoms with van der Waals surface area (Å²) in [7, 11) is 0. The Bertz CT molecular complexity index is 2140. The van der Waals surface area contributed by atoms with E-state index in [2.05, 4.69) is 96.7 Å². The minimum Gasteiger partial charge on any atom is -0.478 e. The van der Waals surface area contributed by atoms with Crippen LogP contribution in [-0.4, -0.2) is 28.7 Å². The number of aromatic nitrogens is 1. The first-order valence-corrected chi connectivity index (χ1v) is 15.7. The molecule has 0 unspecified atom stereocenters. The van der Waals surface area contributed by atoms with Gasteiger partial charge in [0, 0.05) is 51.1 Å². The van der Waals surface area contributed by atoms with E-state index in [9.17, 15) is 9.90 Å². The summed E-state index contributed by atoms with van der Waals surface area (Å²) in [5.41, 5.74) is 8.83. The van der Waals surface area contributed by atoms with Crippen LogP contribution in [0.3, 0.4) is 0 Å². The number of hydrogen-bond acceptors (Lipinski definition) is 2. The fourth-order valence-corrected chi connectivity index (χ4v) is 7.14. The van der Waals surface area contributed by atoms with Crippen LogP contribution in [0.1, 0.15) is 60.9 Å². The molecule has 1 aliphatic heterocycles. The number of aromatic carboxylic acids is 1. The number of rotatable bonds is 6. The normalized spacial score (nSPS) is 14.0. The Morgan fingerprint density at radius 3 is 2.43 bits per heavy atom. The Labute approximate surface area is 257 Å². The lowest BCUT2D eigenvalue weighted by atomic mass is 9.82. The van der Waals surface area contributed by atoms with Crippen molar-refractivity contribution in [2.24, 2.45) is 0 Å². The molecular formula is C39H37N2O3+. The molecule has 4 aromatic rings. The van der Waals surface area contributed by atoms with E-state index in [0.29, 0.717) is 5.56 Å². The van der Waals surface area contributed by atoms with Gasteiger partial charge >= 0.3 is 5.97 Å². The molecular weight excluding hydrogens is 544 g/mol. The summed E-state index contributed by atoms with van der Waals surface area (Å²) in [6.45, 7) is 9.20. The summed E-state index contributed by atoms with van der Waals surface area (Å²) in [5.74, 6) is 0.721. The largest absolute Gasteiger partial charge is 0.478 e. The van der Waals surface area contributed by atoms with Crippen molar-refractivity contribution in [2.75, 3.05) is 13.1 Å². The fraction of sp³-hybridized carbons (Fsp3) is 0.231. The van der Waals surface area contributed by atoms with Gasteiger partial charge in [-0.25, -0.2) is 9.37 Å². The summed E-state index contributed by atoms with van der Waals surface area (Å²) in [5, 5.41) is 13.8. The molecule has 3 aliphatic rings. The first-order valence-electron chi connectivity index (χ1n) is 15.7. The van der Waals surface area contributed by atoms with Crippen molar-refractivity contribution in [3.05, 3.63) is 113 Å². The van der Waals surface area contributed by atoms with E-state index in [1.807, 2.05) is 12.1 Å². The maximum atomic E-state index is 12.4. The lowest BCUT2D eigenvalue weighted by molar-refractivity contribution is 0.0697. The second-order valence-corrected chi connectivity index (χ2v) is 11.5. The molecule has 0 bridgehead atoms. The van der Waals surface area contributed by atoms with E-state index in [1.165, 1.54) is 21.8 Å². The molecule has 0 amide bonds. The Hall–Kier alpha value is -4.90. The first kappa shape index (κ1) is 27.9. The molecule has 0 fully saturated rings. The minimum atomic E-state index is -0.922. The fourth-order valence-electron chi connectivity index (χ4n) is 7.14. The van der Waals surface area contributed by atoms with Gasteiger partial charge in [0.25, 0.3) is 0 Å². The second kappa shape index (κ2) is 11.3. The SMILES string of the molecule is CCn1c2ccccc2c2cc(/C=C3\CCCc4c3oc3cc(=[N+](CC)CC)ccc-3c4-c3ccccc3C(=O)O)ccc21. The maximum Gasteiger partial charge on any atom is 0.336 e. The van der Waals surface area contributed by atoms with Crippen molar-refractivity contribution in [3.63, 3.8) is 0 Å². The predicted molar refractivity (Wildman–Crippen MR) is 180 cm³/mol. The zero-order valence-electron chi connectivity index (χ0n) is 25.6. The smallest absolute Gasteiger partial charge is 0.336 e. The molecule has 7 rings (SSSR count). The summed E-state index contributed by atoms with van der Waals surface area (Å²) in [4.78, 5) is 12.4. The lowest BCUT2D eigenvalue weighted by Crippen LogP contribution is -2.29. The Kier molecular flexibility index (Phi) is 7.17. The number of benzene rings is 4. The summed E-state index contributed by atoms with van der Waals surface area (Å²) in [6, 6.07) is 29.1. The topological polar surface area (TPSA) is 58.4 Å². The van der Waals surface area contributed by atoms with Crippen LogP contribution in [0.4, 0.5) is 0 Å². The van der Waals surface area contributed by atoms with Gasteiger partial charge in [0.2, 0.25) is 5.36 Å². The van der Waals surface area contributed by atoms with Gasteiger partial charge in [0.15, 0.2) is 0 Å². The van der Waals surface area contributed by atoms with E-state index in [-0.39, 0.29) is 0 Å². The van der Waals surface area contributed by atoms with Gasteiger partial charge in [-0.3, -0.25) is 0 Å². The Balaban J connectivity index is 1.49. The molecule has 220 valence electrons. The van der Waals surface area contributed by atoms with Crippen LogP contribution in [-0.2, 0) is 13.0 Å². The predicted octanol–water partition coefficient (Wildman–Crippen LogP) is 8.57. The quantitative estimate of drug-likeness (QED) is 0.201. The van der Waals surface area contributed by atoms with Gasteiger partial charge in [-0.1, -0.05) is 42.5 Å². The van der Waals surface area contributed by atoms with E-state index in [0.717, 1.165) is 89.2 Å². The number of nitrogens with zero attached hydrogens (tertiary/aromatic N) is 2.